The van der Waals surface area contributed by atoms with Crippen LogP contribution in [0.25, 0.3) is 0 Å². The minimum atomic E-state index is -0.218. The van der Waals surface area contributed by atoms with Crippen molar-refractivity contribution < 1.29 is 14.3 Å². The fraction of sp³-hybridized carbons (Fsp3) is 0.429. The van der Waals surface area contributed by atoms with Crippen molar-refractivity contribution in [3.05, 3.63) is 35.9 Å². The minimum absolute atomic E-state index is 0.127. The Bertz CT molecular complexity index is 370. The van der Waals surface area contributed by atoms with E-state index < -0.39 is 0 Å². The van der Waals surface area contributed by atoms with E-state index in [9.17, 15) is 9.59 Å². The van der Waals surface area contributed by atoms with Gasteiger partial charge in [0.2, 0.25) is 0 Å². The zero-order valence-corrected chi connectivity index (χ0v) is 10.3. The zero-order chi connectivity index (χ0) is 12.7. The first-order valence-electron chi connectivity index (χ1n) is 5.78. The van der Waals surface area contributed by atoms with Gasteiger partial charge in [0.1, 0.15) is 0 Å². The van der Waals surface area contributed by atoms with Gasteiger partial charge in [-0.1, -0.05) is 37.3 Å². The first-order chi connectivity index (χ1) is 8.13. The van der Waals surface area contributed by atoms with E-state index in [0.29, 0.717) is 19.3 Å². The molecule has 0 aromatic heterocycles. The predicted octanol–water partition coefficient (Wildman–Crippen LogP) is 2.85. The third-order valence-electron chi connectivity index (χ3n) is 2.70. The summed E-state index contributed by atoms with van der Waals surface area (Å²) in [5.74, 6) is 0.0853. The highest BCUT2D eigenvalue weighted by molar-refractivity contribution is 5.95. The molecule has 0 heterocycles. The first-order valence-corrected chi connectivity index (χ1v) is 5.78. The van der Waals surface area contributed by atoms with Crippen LogP contribution in [0.15, 0.2) is 30.3 Å². The van der Waals surface area contributed by atoms with E-state index in [1.165, 1.54) is 7.11 Å². The Balaban J connectivity index is 2.36. The van der Waals surface area contributed by atoms with Crippen LogP contribution in [-0.4, -0.2) is 18.9 Å². The van der Waals surface area contributed by atoms with Crippen molar-refractivity contribution in [3.8, 4) is 0 Å². The molecule has 0 spiro atoms. The Hall–Kier alpha value is -1.64. The van der Waals surface area contributed by atoms with Crippen molar-refractivity contribution in [1.29, 1.82) is 0 Å². The van der Waals surface area contributed by atoms with Gasteiger partial charge in [0.15, 0.2) is 5.78 Å². The molecule has 3 heteroatoms. The number of Topliss-reactive ketones (excluding diaryl/α,β-unsaturated/α-hetero) is 1. The Morgan fingerprint density at radius 3 is 2.47 bits per heavy atom. The van der Waals surface area contributed by atoms with Crippen molar-refractivity contribution >= 4 is 11.8 Å². The summed E-state index contributed by atoms with van der Waals surface area (Å²) in [5.41, 5.74) is 0.734. The third kappa shape index (κ3) is 4.81. The van der Waals surface area contributed by atoms with Gasteiger partial charge >= 0.3 is 5.97 Å². The summed E-state index contributed by atoms with van der Waals surface area (Å²) in [6, 6.07) is 9.22. The lowest BCUT2D eigenvalue weighted by Gasteiger charge is -2.08. The van der Waals surface area contributed by atoms with E-state index in [1.807, 2.05) is 37.3 Å². The molecule has 0 saturated carbocycles. The lowest BCUT2D eigenvalue weighted by atomic mass is 9.98. The highest BCUT2D eigenvalue weighted by atomic mass is 16.5. The van der Waals surface area contributed by atoms with Gasteiger partial charge in [-0.2, -0.15) is 0 Å². The van der Waals surface area contributed by atoms with Crippen LogP contribution in [0, 0.1) is 5.92 Å². The second-order valence-electron chi connectivity index (χ2n) is 4.21. The van der Waals surface area contributed by atoms with Gasteiger partial charge in [0, 0.05) is 18.4 Å². The van der Waals surface area contributed by atoms with Crippen LogP contribution in [0.1, 0.15) is 36.5 Å². The third-order valence-corrected chi connectivity index (χ3v) is 2.70. The molecule has 0 fully saturated rings. The highest BCUT2D eigenvalue weighted by Gasteiger charge is 2.12. The zero-order valence-electron chi connectivity index (χ0n) is 10.3. The number of rotatable bonds is 6. The van der Waals surface area contributed by atoms with Crippen LogP contribution in [0.3, 0.4) is 0 Å². The number of carbonyl (C=O) groups excluding carboxylic acids is 2. The summed E-state index contributed by atoms with van der Waals surface area (Å²) in [6.45, 7) is 1.95. The molecule has 0 aliphatic carbocycles. The first kappa shape index (κ1) is 13.4. The van der Waals surface area contributed by atoms with Crippen LogP contribution in [0.5, 0.6) is 0 Å². The van der Waals surface area contributed by atoms with E-state index in [2.05, 4.69) is 4.74 Å². The van der Waals surface area contributed by atoms with Gasteiger partial charge in [-0.3, -0.25) is 9.59 Å². The number of benzene rings is 1. The molecule has 0 aliphatic rings. The summed E-state index contributed by atoms with van der Waals surface area (Å²) >= 11 is 0. The summed E-state index contributed by atoms with van der Waals surface area (Å²) in [7, 11) is 1.38. The molecular formula is C14H18O3. The maximum atomic E-state index is 11.8. The summed E-state index contributed by atoms with van der Waals surface area (Å²) in [4.78, 5) is 22.8. The average molecular weight is 234 g/mol. The second kappa shape index (κ2) is 6.84. The molecule has 1 rings (SSSR count). The van der Waals surface area contributed by atoms with Gasteiger partial charge in [-0.05, 0) is 12.3 Å². The molecule has 0 amide bonds. The lowest BCUT2D eigenvalue weighted by Crippen LogP contribution is -2.09. The predicted molar refractivity (Wildman–Crippen MR) is 65.8 cm³/mol. The van der Waals surface area contributed by atoms with E-state index in [-0.39, 0.29) is 17.7 Å². The molecule has 17 heavy (non-hydrogen) atoms. The van der Waals surface area contributed by atoms with Gasteiger partial charge < -0.3 is 4.74 Å². The molecule has 92 valence electrons. The maximum absolute atomic E-state index is 11.8. The van der Waals surface area contributed by atoms with E-state index in [1.54, 1.807) is 0 Å². The van der Waals surface area contributed by atoms with Gasteiger partial charge in [-0.15, -0.1) is 0 Å². The van der Waals surface area contributed by atoms with E-state index in [4.69, 9.17) is 0 Å². The molecule has 1 aromatic carbocycles. The number of methoxy groups -OCH3 is 1. The van der Waals surface area contributed by atoms with Crippen LogP contribution in [0.2, 0.25) is 0 Å². The SMILES string of the molecule is COC(=O)CC(C)CCC(=O)c1ccccc1. The highest BCUT2D eigenvalue weighted by Crippen LogP contribution is 2.14. The normalized spacial score (nSPS) is 11.9. The quantitative estimate of drug-likeness (QED) is 0.561. The molecule has 3 nitrogen and oxygen atoms in total. The van der Waals surface area contributed by atoms with Gasteiger partial charge in [-0.25, -0.2) is 0 Å². The van der Waals surface area contributed by atoms with E-state index >= 15 is 0 Å². The summed E-state index contributed by atoms with van der Waals surface area (Å²) < 4.78 is 4.59. The number of esters is 1. The number of ketones is 1. The number of hydrogen-bond donors (Lipinski definition) is 0. The molecule has 1 aromatic rings. The smallest absolute Gasteiger partial charge is 0.305 e. The van der Waals surface area contributed by atoms with Crippen molar-refractivity contribution in [1.82, 2.24) is 0 Å². The summed E-state index contributed by atoms with van der Waals surface area (Å²) in [5, 5.41) is 0. The lowest BCUT2D eigenvalue weighted by molar-refractivity contribution is -0.141. The van der Waals surface area contributed by atoms with E-state index in [0.717, 1.165) is 5.56 Å². The number of hydrogen-bond acceptors (Lipinski definition) is 3. The fourth-order valence-electron chi connectivity index (χ4n) is 1.62. The molecule has 0 radical (unpaired) electrons. The largest absolute Gasteiger partial charge is 0.469 e. The molecule has 0 aliphatic heterocycles. The standard InChI is InChI=1S/C14H18O3/c1-11(10-14(16)17-2)8-9-13(15)12-6-4-3-5-7-12/h3-7,11H,8-10H2,1-2H3. The maximum Gasteiger partial charge on any atom is 0.305 e. The van der Waals surface area contributed by atoms with Crippen molar-refractivity contribution in [2.75, 3.05) is 7.11 Å². The minimum Gasteiger partial charge on any atom is -0.469 e. The number of carbonyl (C=O) groups is 2. The van der Waals surface area contributed by atoms with Crippen LogP contribution in [0.4, 0.5) is 0 Å². The number of ether oxygens (including phenoxy) is 1. The molecule has 0 N–H and O–H groups in total. The second-order valence-corrected chi connectivity index (χ2v) is 4.21. The van der Waals surface area contributed by atoms with Gasteiger partial charge in [0.05, 0.1) is 7.11 Å². The Morgan fingerprint density at radius 2 is 1.88 bits per heavy atom. The van der Waals surface area contributed by atoms with Crippen LogP contribution < -0.4 is 0 Å². The van der Waals surface area contributed by atoms with Crippen molar-refractivity contribution in [3.63, 3.8) is 0 Å². The van der Waals surface area contributed by atoms with Crippen molar-refractivity contribution in [2.45, 2.75) is 26.2 Å². The molecule has 1 atom stereocenters. The monoisotopic (exact) mass is 234 g/mol. The Labute approximate surface area is 102 Å². The molecule has 0 bridgehead atoms. The van der Waals surface area contributed by atoms with Crippen LogP contribution in [-0.2, 0) is 9.53 Å². The topological polar surface area (TPSA) is 43.4 Å². The Kier molecular flexibility index (Phi) is 5.40. The Morgan fingerprint density at radius 1 is 1.24 bits per heavy atom. The molecule has 1 unspecified atom stereocenters. The van der Waals surface area contributed by atoms with Crippen molar-refractivity contribution in [2.24, 2.45) is 5.92 Å². The van der Waals surface area contributed by atoms with Crippen LogP contribution >= 0.6 is 0 Å². The molecule has 0 saturated heterocycles. The average Bonchev–Trinajstić information content (AvgIpc) is 2.36. The molecular weight excluding hydrogens is 216 g/mol. The summed E-state index contributed by atoms with van der Waals surface area (Å²) in [6.07, 6.45) is 1.56. The van der Waals surface area contributed by atoms with Gasteiger partial charge in [0.25, 0.3) is 0 Å². The fourth-order valence-corrected chi connectivity index (χ4v) is 1.62.